The summed E-state index contributed by atoms with van der Waals surface area (Å²) in [5.74, 6) is -0.466. The molecule has 6 heteroatoms. The van der Waals surface area contributed by atoms with Gasteiger partial charge < -0.3 is 16.0 Å². The van der Waals surface area contributed by atoms with E-state index in [9.17, 15) is 9.59 Å². The van der Waals surface area contributed by atoms with Crippen molar-refractivity contribution in [2.75, 3.05) is 26.4 Å². The van der Waals surface area contributed by atoms with Crippen molar-refractivity contribution in [3.05, 3.63) is 16.3 Å². The molecule has 94 valence electrons. The van der Waals surface area contributed by atoms with Gasteiger partial charge >= 0.3 is 0 Å². The lowest BCUT2D eigenvalue weighted by molar-refractivity contribution is -0.124. The first kappa shape index (κ1) is 13.5. The van der Waals surface area contributed by atoms with Gasteiger partial charge in [0.25, 0.3) is 5.91 Å². The van der Waals surface area contributed by atoms with E-state index < -0.39 is 0 Å². The highest BCUT2D eigenvalue weighted by Gasteiger charge is 2.20. The molecule has 1 aromatic heterocycles. The van der Waals surface area contributed by atoms with Crippen LogP contribution in [-0.4, -0.2) is 37.4 Å². The molecule has 0 radical (unpaired) electrons. The molecule has 0 aromatic carbocycles. The first-order chi connectivity index (χ1) is 7.97. The molecular formula is C11H17N3O2S. The molecule has 5 nitrogen and oxygen atoms in total. The van der Waals surface area contributed by atoms with Crippen LogP contribution in [0, 0.1) is 5.92 Å². The molecule has 1 atom stereocenters. The van der Waals surface area contributed by atoms with Gasteiger partial charge in [-0.25, -0.2) is 0 Å². The van der Waals surface area contributed by atoms with Gasteiger partial charge in [0, 0.05) is 20.6 Å². The smallest absolute Gasteiger partial charge is 0.265 e. The van der Waals surface area contributed by atoms with Gasteiger partial charge in [-0.3, -0.25) is 9.59 Å². The number of nitrogens with zero attached hydrogens (tertiary/aromatic N) is 1. The number of hydrogen-bond donors (Lipinski definition) is 2. The Morgan fingerprint density at radius 2 is 2.24 bits per heavy atom. The van der Waals surface area contributed by atoms with E-state index in [0.29, 0.717) is 17.1 Å². The number of amides is 2. The Bertz CT molecular complexity index is 417. The fourth-order valence-electron chi connectivity index (χ4n) is 1.49. The standard InChI is InChI=1S/C11H17N3O2S/c1-7(10(15)13-2)6-14(3)11(16)9-8(12)4-5-17-9/h4-5,7H,6,12H2,1-3H3,(H,13,15). The van der Waals surface area contributed by atoms with E-state index in [1.54, 1.807) is 32.5 Å². The number of nitrogens with two attached hydrogens (primary N) is 1. The van der Waals surface area contributed by atoms with Crippen LogP contribution in [0.5, 0.6) is 0 Å². The maximum absolute atomic E-state index is 12.0. The molecule has 1 heterocycles. The van der Waals surface area contributed by atoms with Crippen LogP contribution in [0.4, 0.5) is 5.69 Å². The zero-order valence-corrected chi connectivity index (χ0v) is 11.0. The second-order valence-corrected chi connectivity index (χ2v) is 4.82. The lowest BCUT2D eigenvalue weighted by Crippen LogP contribution is -2.37. The number of hydrogen-bond acceptors (Lipinski definition) is 4. The molecule has 17 heavy (non-hydrogen) atoms. The highest BCUT2D eigenvalue weighted by atomic mass is 32.1. The molecule has 0 bridgehead atoms. The Morgan fingerprint density at radius 1 is 1.59 bits per heavy atom. The number of carbonyl (C=O) groups is 2. The zero-order valence-electron chi connectivity index (χ0n) is 10.2. The van der Waals surface area contributed by atoms with Crippen molar-refractivity contribution in [1.29, 1.82) is 0 Å². The molecule has 1 aromatic rings. The molecule has 1 unspecified atom stereocenters. The first-order valence-electron chi connectivity index (χ1n) is 5.27. The Morgan fingerprint density at radius 3 is 2.71 bits per heavy atom. The van der Waals surface area contributed by atoms with Crippen molar-refractivity contribution in [3.8, 4) is 0 Å². The van der Waals surface area contributed by atoms with Crippen LogP contribution in [0.15, 0.2) is 11.4 Å². The van der Waals surface area contributed by atoms with Crippen LogP contribution < -0.4 is 11.1 Å². The summed E-state index contributed by atoms with van der Waals surface area (Å²) in [5.41, 5.74) is 6.17. The quantitative estimate of drug-likeness (QED) is 0.835. The Labute approximate surface area is 105 Å². The minimum Gasteiger partial charge on any atom is -0.397 e. The molecule has 0 aliphatic carbocycles. The van der Waals surface area contributed by atoms with Crippen LogP contribution in [0.25, 0.3) is 0 Å². The van der Waals surface area contributed by atoms with Crippen LogP contribution in [0.2, 0.25) is 0 Å². The number of carbonyl (C=O) groups excluding carboxylic acids is 2. The topological polar surface area (TPSA) is 75.4 Å². The van der Waals surface area contributed by atoms with Crippen LogP contribution in [0.3, 0.4) is 0 Å². The number of nitrogen functional groups attached to an aromatic ring is 1. The minimum absolute atomic E-state index is 0.0798. The lowest BCUT2D eigenvalue weighted by atomic mass is 10.1. The third-order valence-corrected chi connectivity index (χ3v) is 3.40. The highest BCUT2D eigenvalue weighted by molar-refractivity contribution is 7.12. The summed E-state index contributed by atoms with van der Waals surface area (Å²) in [6, 6.07) is 1.70. The van der Waals surface area contributed by atoms with E-state index in [1.807, 2.05) is 0 Å². The van der Waals surface area contributed by atoms with Crippen molar-refractivity contribution in [1.82, 2.24) is 10.2 Å². The first-order valence-corrected chi connectivity index (χ1v) is 6.15. The van der Waals surface area contributed by atoms with Gasteiger partial charge in [0.1, 0.15) is 4.88 Å². The van der Waals surface area contributed by atoms with Gasteiger partial charge in [-0.05, 0) is 11.4 Å². The van der Waals surface area contributed by atoms with E-state index in [4.69, 9.17) is 5.73 Å². The maximum atomic E-state index is 12.0. The molecular weight excluding hydrogens is 238 g/mol. The molecule has 0 aliphatic heterocycles. The Balaban J connectivity index is 2.65. The Kier molecular flexibility index (Phi) is 4.51. The monoisotopic (exact) mass is 255 g/mol. The van der Waals surface area contributed by atoms with E-state index >= 15 is 0 Å². The summed E-state index contributed by atoms with van der Waals surface area (Å²) >= 11 is 1.31. The van der Waals surface area contributed by atoms with Gasteiger partial charge in [0.15, 0.2) is 0 Å². The second-order valence-electron chi connectivity index (χ2n) is 3.91. The largest absolute Gasteiger partial charge is 0.397 e. The average Bonchev–Trinajstić information content (AvgIpc) is 2.73. The number of anilines is 1. The van der Waals surface area contributed by atoms with Gasteiger partial charge in [-0.2, -0.15) is 0 Å². The maximum Gasteiger partial charge on any atom is 0.265 e. The molecule has 0 saturated carbocycles. The normalized spacial score (nSPS) is 11.9. The van der Waals surface area contributed by atoms with Gasteiger partial charge in [-0.15, -0.1) is 11.3 Å². The Hall–Kier alpha value is -1.56. The molecule has 0 fully saturated rings. The van der Waals surface area contributed by atoms with E-state index in [-0.39, 0.29) is 17.7 Å². The molecule has 2 amide bonds. The van der Waals surface area contributed by atoms with Crippen molar-refractivity contribution >= 4 is 28.8 Å². The van der Waals surface area contributed by atoms with Crippen LogP contribution in [-0.2, 0) is 4.79 Å². The van der Waals surface area contributed by atoms with E-state index in [1.165, 1.54) is 16.2 Å². The van der Waals surface area contributed by atoms with Crippen LogP contribution in [0.1, 0.15) is 16.6 Å². The van der Waals surface area contributed by atoms with Crippen molar-refractivity contribution in [2.24, 2.45) is 5.92 Å². The summed E-state index contributed by atoms with van der Waals surface area (Å²) in [6.45, 7) is 2.15. The third-order valence-electron chi connectivity index (χ3n) is 2.48. The minimum atomic E-state index is -0.241. The number of thiophene rings is 1. The SMILES string of the molecule is CNC(=O)C(C)CN(C)C(=O)c1sccc1N. The fourth-order valence-corrected chi connectivity index (χ4v) is 2.30. The lowest BCUT2D eigenvalue weighted by Gasteiger charge is -2.20. The summed E-state index contributed by atoms with van der Waals surface area (Å²) in [6.07, 6.45) is 0. The average molecular weight is 255 g/mol. The van der Waals surface area contributed by atoms with Gasteiger partial charge in [0.2, 0.25) is 5.91 Å². The summed E-state index contributed by atoms with van der Waals surface area (Å²) < 4.78 is 0. The molecule has 0 spiro atoms. The molecule has 1 rings (SSSR count). The third kappa shape index (κ3) is 3.20. The van der Waals surface area contributed by atoms with Crippen molar-refractivity contribution in [2.45, 2.75) is 6.92 Å². The van der Waals surface area contributed by atoms with Gasteiger partial charge in [-0.1, -0.05) is 6.92 Å². The fraction of sp³-hybridized carbons (Fsp3) is 0.455. The van der Waals surface area contributed by atoms with Crippen molar-refractivity contribution < 1.29 is 9.59 Å². The number of nitrogens with one attached hydrogen (secondary N) is 1. The highest BCUT2D eigenvalue weighted by Crippen LogP contribution is 2.20. The zero-order chi connectivity index (χ0) is 13.0. The molecule has 0 saturated heterocycles. The van der Waals surface area contributed by atoms with Crippen LogP contribution >= 0.6 is 11.3 Å². The molecule has 3 N–H and O–H groups in total. The molecule has 0 aliphatic rings. The second kappa shape index (κ2) is 5.67. The summed E-state index contributed by atoms with van der Waals surface area (Å²) in [4.78, 5) is 25.4. The van der Waals surface area contributed by atoms with E-state index in [2.05, 4.69) is 5.32 Å². The van der Waals surface area contributed by atoms with Gasteiger partial charge in [0.05, 0.1) is 11.6 Å². The predicted molar refractivity (Wildman–Crippen MR) is 68.9 cm³/mol. The summed E-state index contributed by atoms with van der Waals surface area (Å²) in [5, 5.41) is 4.33. The number of rotatable bonds is 4. The predicted octanol–water partition coefficient (Wildman–Crippen LogP) is 0.784. The summed E-state index contributed by atoms with van der Waals surface area (Å²) in [7, 11) is 3.25. The van der Waals surface area contributed by atoms with Crippen molar-refractivity contribution in [3.63, 3.8) is 0 Å². The van der Waals surface area contributed by atoms with E-state index in [0.717, 1.165) is 0 Å².